The smallest absolute Gasteiger partial charge is 0.0548 e. The predicted octanol–water partition coefficient (Wildman–Crippen LogP) is 5.74. The first kappa shape index (κ1) is 16.1. The van der Waals surface area contributed by atoms with Crippen LogP contribution in [0.3, 0.4) is 0 Å². The first-order valence-corrected chi connectivity index (χ1v) is 8.07. The molecule has 2 aromatic rings. The van der Waals surface area contributed by atoms with Gasteiger partial charge in [-0.05, 0) is 64.3 Å². The number of nitrogens with one attached hydrogen (secondary N) is 1. The molecule has 0 aromatic heterocycles. The molecule has 0 saturated carbocycles. The molecule has 5 heteroatoms. The third-order valence-corrected chi connectivity index (χ3v) is 4.70. The summed E-state index contributed by atoms with van der Waals surface area (Å²) in [5.41, 5.74) is 2.28. The lowest BCUT2D eigenvalue weighted by atomic mass is 10.1. The Labute approximate surface area is 142 Å². The van der Waals surface area contributed by atoms with Crippen molar-refractivity contribution in [2.75, 3.05) is 6.54 Å². The molecule has 0 heterocycles. The van der Waals surface area contributed by atoms with E-state index in [-0.39, 0.29) is 0 Å². The van der Waals surface area contributed by atoms with Gasteiger partial charge in [0, 0.05) is 21.1 Å². The van der Waals surface area contributed by atoms with E-state index in [2.05, 4.69) is 21.2 Å². The third-order valence-electron chi connectivity index (χ3n) is 2.90. The number of hydrogen-bond donors (Lipinski definition) is 1. The maximum atomic E-state index is 6.13. The highest BCUT2D eigenvalue weighted by Gasteiger charge is 2.02. The van der Waals surface area contributed by atoms with E-state index in [4.69, 9.17) is 34.8 Å². The van der Waals surface area contributed by atoms with Gasteiger partial charge in [-0.3, -0.25) is 0 Å². The Morgan fingerprint density at radius 2 is 1.75 bits per heavy atom. The molecular formula is C15H13BrCl3N. The molecule has 0 radical (unpaired) electrons. The second-order valence-corrected chi connectivity index (χ2v) is 6.52. The first-order valence-electron chi connectivity index (χ1n) is 6.15. The topological polar surface area (TPSA) is 12.0 Å². The average molecular weight is 394 g/mol. The van der Waals surface area contributed by atoms with Crippen LogP contribution in [0.1, 0.15) is 11.1 Å². The zero-order valence-corrected chi connectivity index (χ0v) is 14.5. The lowest BCUT2D eigenvalue weighted by Crippen LogP contribution is -2.16. The predicted molar refractivity (Wildman–Crippen MR) is 91.0 cm³/mol. The molecule has 0 fully saturated rings. The molecule has 2 rings (SSSR count). The second-order valence-electron chi connectivity index (χ2n) is 4.41. The average Bonchev–Trinajstić information content (AvgIpc) is 2.40. The molecule has 0 atom stereocenters. The second kappa shape index (κ2) is 7.67. The van der Waals surface area contributed by atoms with Crippen LogP contribution in [0, 0.1) is 0 Å². The van der Waals surface area contributed by atoms with E-state index in [9.17, 15) is 0 Å². The maximum Gasteiger partial charge on any atom is 0.0548 e. The molecule has 0 aliphatic carbocycles. The standard InChI is InChI=1S/C15H13BrCl3N/c16-13-7-10(1-4-14(13)18)9-20-6-5-11-2-3-12(17)8-15(11)19/h1-4,7-8,20H,5-6,9H2. The quantitative estimate of drug-likeness (QED) is 0.639. The van der Waals surface area contributed by atoms with Crippen molar-refractivity contribution >= 4 is 50.7 Å². The molecule has 1 nitrogen and oxygen atoms in total. The summed E-state index contributed by atoms with van der Waals surface area (Å²) < 4.78 is 0.916. The number of benzene rings is 2. The van der Waals surface area contributed by atoms with E-state index >= 15 is 0 Å². The first-order chi connectivity index (χ1) is 9.56. The highest BCUT2D eigenvalue weighted by atomic mass is 79.9. The van der Waals surface area contributed by atoms with Crippen LogP contribution in [0.25, 0.3) is 0 Å². The highest BCUT2D eigenvalue weighted by Crippen LogP contribution is 2.23. The van der Waals surface area contributed by atoms with Crippen molar-refractivity contribution in [3.05, 3.63) is 67.1 Å². The Kier molecular flexibility index (Phi) is 6.19. The van der Waals surface area contributed by atoms with E-state index in [0.29, 0.717) is 10.0 Å². The molecule has 0 aliphatic rings. The van der Waals surface area contributed by atoms with Crippen LogP contribution in [0.15, 0.2) is 40.9 Å². The lowest BCUT2D eigenvalue weighted by Gasteiger charge is -2.08. The van der Waals surface area contributed by atoms with Gasteiger partial charge in [0.2, 0.25) is 0 Å². The van der Waals surface area contributed by atoms with Crippen LogP contribution >= 0.6 is 50.7 Å². The zero-order valence-electron chi connectivity index (χ0n) is 10.6. The van der Waals surface area contributed by atoms with Gasteiger partial charge < -0.3 is 5.32 Å². The molecule has 2 aromatic carbocycles. The summed E-state index contributed by atoms with van der Waals surface area (Å²) in [6.07, 6.45) is 0.866. The molecule has 0 spiro atoms. The Hall–Kier alpha value is -0.250. The van der Waals surface area contributed by atoms with E-state index in [0.717, 1.165) is 34.6 Å². The van der Waals surface area contributed by atoms with Crippen molar-refractivity contribution in [1.29, 1.82) is 0 Å². The van der Waals surface area contributed by atoms with Gasteiger partial charge in [0.15, 0.2) is 0 Å². The minimum absolute atomic E-state index is 0.665. The van der Waals surface area contributed by atoms with Gasteiger partial charge in [0.25, 0.3) is 0 Å². The van der Waals surface area contributed by atoms with Crippen LogP contribution in [0.2, 0.25) is 15.1 Å². The summed E-state index contributed by atoms with van der Waals surface area (Å²) in [4.78, 5) is 0. The molecule has 1 N–H and O–H groups in total. The normalized spacial score (nSPS) is 10.8. The van der Waals surface area contributed by atoms with Crippen LogP contribution in [-0.4, -0.2) is 6.54 Å². The van der Waals surface area contributed by atoms with Gasteiger partial charge in [-0.2, -0.15) is 0 Å². The van der Waals surface area contributed by atoms with Crippen LogP contribution in [-0.2, 0) is 13.0 Å². The van der Waals surface area contributed by atoms with Gasteiger partial charge in [-0.1, -0.05) is 46.9 Å². The monoisotopic (exact) mass is 391 g/mol. The fourth-order valence-corrected chi connectivity index (χ4v) is 2.88. The minimum Gasteiger partial charge on any atom is -0.312 e. The maximum absolute atomic E-state index is 6.13. The van der Waals surface area contributed by atoms with Crippen molar-refractivity contribution in [1.82, 2.24) is 5.32 Å². The third kappa shape index (κ3) is 4.64. The Morgan fingerprint density at radius 1 is 0.950 bits per heavy atom. The zero-order chi connectivity index (χ0) is 14.5. The fraction of sp³-hybridized carbons (Fsp3) is 0.200. The van der Waals surface area contributed by atoms with E-state index in [1.807, 2.05) is 30.3 Å². The van der Waals surface area contributed by atoms with Crippen molar-refractivity contribution in [3.63, 3.8) is 0 Å². The summed E-state index contributed by atoms with van der Waals surface area (Å²) in [5.74, 6) is 0. The van der Waals surface area contributed by atoms with E-state index < -0.39 is 0 Å². The molecular weight excluding hydrogens is 380 g/mol. The molecule has 0 saturated heterocycles. The molecule has 0 amide bonds. The summed E-state index contributed by atoms with van der Waals surface area (Å²) in [6, 6.07) is 11.5. The molecule has 0 bridgehead atoms. The molecule has 20 heavy (non-hydrogen) atoms. The largest absolute Gasteiger partial charge is 0.312 e. The minimum atomic E-state index is 0.665. The van der Waals surface area contributed by atoms with Crippen LogP contribution < -0.4 is 5.32 Å². The van der Waals surface area contributed by atoms with Gasteiger partial charge in [-0.25, -0.2) is 0 Å². The highest BCUT2D eigenvalue weighted by molar-refractivity contribution is 9.10. The van der Waals surface area contributed by atoms with Crippen LogP contribution in [0.5, 0.6) is 0 Å². The van der Waals surface area contributed by atoms with E-state index in [1.165, 1.54) is 5.56 Å². The van der Waals surface area contributed by atoms with E-state index in [1.54, 1.807) is 6.07 Å². The van der Waals surface area contributed by atoms with Crippen molar-refractivity contribution in [2.24, 2.45) is 0 Å². The lowest BCUT2D eigenvalue weighted by molar-refractivity contribution is 0.687. The van der Waals surface area contributed by atoms with Gasteiger partial charge in [0.05, 0.1) is 5.02 Å². The summed E-state index contributed by atoms with van der Waals surface area (Å²) >= 11 is 21.4. The van der Waals surface area contributed by atoms with Crippen molar-refractivity contribution in [3.8, 4) is 0 Å². The summed E-state index contributed by atoms with van der Waals surface area (Å²) in [7, 11) is 0. The number of hydrogen-bond acceptors (Lipinski definition) is 1. The van der Waals surface area contributed by atoms with Gasteiger partial charge >= 0.3 is 0 Å². The van der Waals surface area contributed by atoms with Crippen molar-refractivity contribution < 1.29 is 0 Å². The van der Waals surface area contributed by atoms with Crippen LogP contribution in [0.4, 0.5) is 0 Å². The number of rotatable bonds is 5. The Balaban J connectivity index is 1.82. The molecule has 106 valence electrons. The van der Waals surface area contributed by atoms with Crippen molar-refractivity contribution in [2.45, 2.75) is 13.0 Å². The fourth-order valence-electron chi connectivity index (χ4n) is 1.83. The summed E-state index contributed by atoms with van der Waals surface area (Å²) in [5, 5.41) is 5.49. The summed E-state index contributed by atoms with van der Waals surface area (Å²) in [6.45, 7) is 1.64. The Bertz CT molecular complexity index is 602. The SMILES string of the molecule is Clc1ccc(CCNCc2ccc(Cl)c(Br)c2)c(Cl)c1. The molecule has 0 aliphatic heterocycles. The number of halogens is 4. The van der Waals surface area contributed by atoms with Gasteiger partial charge in [-0.15, -0.1) is 0 Å². The molecule has 0 unspecified atom stereocenters. The van der Waals surface area contributed by atoms with Gasteiger partial charge in [0.1, 0.15) is 0 Å². The Morgan fingerprint density at radius 3 is 2.45 bits per heavy atom.